The van der Waals surface area contributed by atoms with Crippen LogP contribution in [0.3, 0.4) is 0 Å². The van der Waals surface area contributed by atoms with Crippen LogP contribution in [-0.4, -0.2) is 0 Å². The Balaban J connectivity index is 2.65. The Hall–Kier alpha value is 0.140. The van der Waals surface area contributed by atoms with E-state index in [1.165, 1.54) is 31.2 Å². The van der Waals surface area contributed by atoms with Crippen molar-refractivity contribution >= 4 is 31.9 Å². The molecule has 0 spiro atoms. The number of hydrogen-bond acceptors (Lipinski definition) is 1. The first-order chi connectivity index (χ1) is 8.58. The van der Waals surface area contributed by atoms with Crippen LogP contribution in [-0.2, 0) is 0 Å². The molecule has 2 N–H and O–H groups in total. The molecule has 0 aliphatic rings. The van der Waals surface area contributed by atoms with Crippen molar-refractivity contribution in [1.82, 2.24) is 0 Å². The quantitative estimate of drug-likeness (QED) is 0.637. The maximum atomic E-state index is 6.35. The molecule has 0 saturated heterocycles. The molecule has 0 bridgehead atoms. The van der Waals surface area contributed by atoms with E-state index in [4.69, 9.17) is 5.73 Å². The fraction of sp³-hybridized carbons (Fsp3) is 0.600. The maximum absolute atomic E-state index is 6.35. The highest BCUT2D eigenvalue weighted by Gasteiger charge is 2.15. The predicted molar refractivity (Wildman–Crippen MR) is 86.7 cm³/mol. The lowest BCUT2D eigenvalue weighted by Gasteiger charge is -2.21. The SMILES string of the molecule is CCCCC(CC)CC(N)c1ccc(Br)cc1Br. The minimum Gasteiger partial charge on any atom is -0.324 e. The van der Waals surface area contributed by atoms with Crippen LogP contribution < -0.4 is 5.73 Å². The predicted octanol–water partition coefficient (Wildman–Crippen LogP) is 5.82. The van der Waals surface area contributed by atoms with Gasteiger partial charge in [-0.2, -0.15) is 0 Å². The second-order valence-electron chi connectivity index (χ2n) is 4.92. The first-order valence-corrected chi connectivity index (χ1v) is 8.37. The summed E-state index contributed by atoms with van der Waals surface area (Å²) in [4.78, 5) is 0. The summed E-state index contributed by atoms with van der Waals surface area (Å²) < 4.78 is 2.19. The van der Waals surface area contributed by atoms with Crippen LogP contribution in [0.25, 0.3) is 0 Å². The molecule has 1 nitrogen and oxygen atoms in total. The van der Waals surface area contributed by atoms with E-state index in [-0.39, 0.29) is 6.04 Å². The molecule has 0 amide bonds. The van der Waals surface area contributed by atoms with E-state index in [9.17, 15) is 0 Å². The van der Waals surface area contributed by atoms with Crippen LogP contribution in [0.15, 0.2) is 27.1 Å². The molecule has 0 aliphatic heterocycles. The standard InChI is InChI=1S/C15H23Br2N/c1-3-5-6-11(4-2)9-15(18)13-8-7-12(16)10-14(13)17/h7-8,10-11,15H,3-6,9,18H2,1-2H3. The number of hydrogen-bond donors (Lipinski definition) is 1. The minimum atomic E-state index is 0.134. The fourth-order valence-corrected chi connectivity index (χ4v) is 3.61. The highest BCUT2D eigenvalue weighted by atomic mass is 79.9. The Morgan fingerprint density at radius 1 is 1.22 bits per heavy atom. The van der Waals surface area contributed by atoms with E-state index in [2.05, 4.69) is 63.9 Å². The van der Waals surface area contributed by atoms with Gasteiger partial charge in [-0.15, -0.1) is 0 Å². The third kappa shape index (κ3) is 5.02. The Morgan fingerprint density at radius 2 is 1.94 bits per heavy atom. The summed E-state index contributed by atoms with van der Waals surface area (Å²) >= 11 is 7.08. The number of nitrogens with two attached hydrogens (primary N) is 1. The van der Waals surface area contributed by atoms with Gasteiger partial charge in [0.05, 0.1) is 0 Å². The average molecular weight is 377 g/mol. The van der Waals surface area contributed by atoms with Crippen molar-refractivity contribution in [2.24, 2.45) is 11.7 Å². The summed E-state index contributed by atoms with van der Waals surface area (Å²) in [5.41, 5.74) is 7.56. The van der Waals surface area contributed by atoms with Gasteiger partial charge < -0.3 is 5.73 Å². The molecule has 1 rings (SSSR count). The third-order valence-electron chi connectivity index (χ3n) is 3.49. The number of unbranched alkanes of at least 4 members (excludes halogenated alkanes) is 1. The molecular formula is C15H23Br2N. The maximum Gasteiger partial charge on any atom is 0.0308 e. The Kier molecular flexibility index (Phi) is 7.50. The van der Waals surface area contributed by atoms with Gasteiger partial charge in [0, 0.05) is 15.0 Å². The largest absolute Gasteiger partial charge is 0.324 e. The van der Waals surface area contributed by atoms with Gasteiger partial charge in [-0.25, -0.2) is 0 Å². The van der Waals surface area contributed by atoms with E-state index in [0.717, 1.165) is 21.3 Å². The van der Waals surface area contributed by atoms with Gasteiger partial charge in [0.15, 0.2) is 0 Å². The zero-order valence-electron chi connectivity index (χ0n) is 11.3. The highest BCUT2D eigenvalue weighted by Crippen LogP contribution is 2.31. The molecule has 2 atom stereocenters. The first-order valence-electron chi connectivity index (χ1n) is 6.79. The highest BCUT2D eigenvalue weighted by molar-refractivity contribution is 9.11. The van der Waals surface area contributed by atoms with E-state index < -0.39 is 0 Å². The molecule has 1 aromatic carbocycles. The van der Waals surface area contributed by atoms with Crippen LogP contribution in [0.5, 0.6) is 0 Å². The summed E-state index contributed by atoms with van der Waals surface area (Å²) in [6, 6.07) is 6.38. The molecular weight excluding hydrogens is 354 g/mol. The summed E-state index contributed by atoms with van der Waals surface area (Å²) in [6.07, 6.45) is 6.19. The zero-order valence-corrected chi connectivity index (χ0v) is 14.4. The number of benzene rings is 1. The summed E-state index contributed by atoms with van der Waals surface area (Å²) in [7, 11) is 0. The van der Waals surface area contributed by atoms with Crippen molar-refractivity contribution in [1.29, 1.82) is 0 Å². The van der Waals surface area contributed by atoms with Crippen molar-refractivity contribution in [3.63, 3.8) is 0 Å². The lowest BCUT2D eigenvalue weighted by molar-refractivity contribution is 0.388. The Labute approximate surface area is 128 Å². The van der Waals surface area contributed by atoms with Crippen LogP contribution in [0.4, 0.5) is 0 Å². The van der Waals surface area contributed by atoms with Gasteiger partial charge in [-0.1, -0.05) is 77.5 Å². The van der Waals surface area contributed by atoms with Crippen LogP contribution in [0, 0.1) is 5.92 Å². The molecule has 102 valence electrons. The second-order valence-corrected chi connectivity index (χ2v) is 6.69. The summed E-state index contributed by atoms with van der Waals surface area (Å²) in [6.45, 7) is 4.52. The molecule has 18 heavy (non-hydrogen) atoms. The normalized spacial score (nSPS) is 14.5. The lowest BCUT2D eigenvalue weighted by Crippen LogP contribution is -2.16. The van der Waals surface area contributed by atoms with Crippen molar-refractivity contribution in [2.45, 2.75) is 52.0 Å². The molecule has 0 heterocycles. The van der Waals surface area contributed by atoms with Gasteiger partial charge in [0.2, 0.25) is 0 Å². The van der Waals surface area contributed by atoms with Crippen molar-refractivity contribution in [3.8, 4) is 0 Å². The van der Waals surface area contributed by atoms with Crippen LogP contribution in [0.1, 0.15) is 57.6 Å². The lowest BCUT2D eigenvalue weighted by atomic mass is 9.90. The fourth-order valence-electron chi connectivity index (χ4n) is 2.27. The average Bonchev–Trinajstić information content (AvgIpc) is 2.34. The van der Waals surface area contributed by atoms with E-state index in [1.54, 1.807) is 0 Å². The van der Waals surface area contributed by atoms with Gasteiger partial charge >= 0.3 is 0 Å². The minimum absolute atomic E-state index is 0.134. The van der Waals surface area contributed by atoms with Gasteiger partial charge in [-0.05, 0) is 30.0 Å². The second kappa shape index (κ2) is 8.34. The van der Waals surface area contributed by atoms with E-state index in [0.29, 0.717) is 0 Å². The van der Waals surface area contributed by atoms with Gasteiger partial charge in [-0.3, -0.25) is 0 Å². The molecule has 3 heteroatoms. The zero-order chi connectivity index (χ0) is 13.5. The topological polar surface area (TPSA) is 26.0 Å². The molecule has 2 unspecified atom stereocenters. The van der Waals surface area contributed by atoms with E-state index in [1.807, 2.05) is 0 Å². The van der Waals surface area contributed by atoms with Crippen molar-refractivity contribution < 1.29 is 0 Å². The van der Waals surface area contributed by atoms with Crippen LogP contribution in [0.2, 0.25) is 0 Å². The van der Waals surface area contributed by atoms with Crippen molar-refractivity contribution in [3.05, 3.63) is 32.7 Å². The summed E-state index contributed by atoms with van der Waals surface area (Å²) in [5.74, 6) is 0.746. The van der Waals surface area contributed by atoms with Crippen LogP contribution >= 0.6 is 31.9 Å². The van der Waals surface area contributed by atoms with Gasteiger partial charge in [0.1, 0.15) is 0 Å². The Bertz CT molecular complexity index is 366. The Morgan fingerprint density at radius 3 is 2.50 bits per heavy atom. The number of halogens is 2. The monoisotopic (exact) mass is 375 g/mol. The number of rotatable bonds is 7. The third-order valence-corrected chi connectivity index (χ3v) is 4.67. The molecule has 0 saturated carbocycles. The summed E-state index contributed by atoms with van der Waals surface area (Å²) in [5, 5.41) is 0. The smallest absolute Gasteiger partial charge is 0.0308 e. The van der Waals surface area contributed by atoms with Crippen molar-refractivity contribution in [2.75, 3.05) is 0 Å². The first kappa shape index (κ1) is 16.2. The van der Waals surface area contributed by atoms with E-state index >= 15 is 0 Å². The molecule has 0 fully saturated rings. The van der Waals surface area contributed by atoms with Gasteiger partial charge in [0.25, 0.3) is 0 Å². The molecule has 0 radical (unpaired) electrons. The molecule has 0 aromatic heterocycles. The molecule has 0 aliphatic carbocycles. The molecule has 1 aromatic rings.